The lowest BCUT2D eigenvalue weighted by molar-refractivity contribution is -0.137. The predicted molar refractivity (Wildman–Crippen MR) is 89.6 cm³/mol. The third-order valence-electron chi connectivity index (χ3n) is 3.79. The van der Waals surface area contributed by atoms with Gasteiger partial charge in [-0.25, -0.2) is 0 Å². The maximum atomic E-state index is 12.7. The molecule has 4 nitrogen and oxygen atoms in total. The highest BCUT2D eigenvalue weighted by atomic mass is 19.4. The molecule has 0 heterocycles. The molecule has 136 valence electrons. The van der Waals surface area contributed by atoms with E-state index in [1.54, 1.807) is 12.1 Å². The molecule has 0 saturated heterocycles. The third-order valence-corrected chi connectivity index (χ3v) is 3.79. The van der Waals surface area contributed by atoms with Crippen LogP contribution in [0.4, 0.5) is 18.9 Å². The smallest absolute Gasteiger partial charge is 0.416 e. The molecule has 0 aromatic heterocycles. The van der Waals surface area contributed by atoms with Crippen LogP contribution in [0.1, 0.15) is 24.1 Å². The number of nitrogens with one attached hydrogen (secondary N) is 1. The van der Waals surface area contributed by atoms with Crippen molar-refractivity contribution in [3.8, 4) is 17.2 Å². The molecule has 0 saturated carbocycles. The molecule has 7 heteroatoms. The van der Waals surface area contributed by atoms with Crippen LogP contribution in [-0.2, 0) is 6.18 Å². The van der Waals surface area contributed by atoms with Gasteiger partial charge in [0.15, 0.2) is 11.5 Å². The molecule has 0 bridgehead atoms. The molecule has 0 aliphatic carbocycles. The molecule has 25 heavy (non-hydrogen) atoms. The van der Waals surface area contributed by atoms with E-state index in [9.17, 15) is 13.2 Å². The lowest BCUT2D eigenvalue weighted by Crippen LogP contribution is -2.09. The Bertz CT molecular complexity index is 689. The van der Waals surface area contributed by atoms with Crippen molar-refractivity contribution in [2.45, 2.75) is 19.1 Å². The molecular weight excluding hydrogens is 335 g/mol. The maximum Gasteiger partial charge on any atom is 0.416 e. The topological polar surface area (TPSA) is 39.7 Å². The fourth-order valence-electron chi connectivity index (χ4n) is 2.46. The molecular formula is C18H20F3NO3. The monoisotopic (exact) mass is 355 g/mol. The van der Waals surface area contributed by atoms with Gasteiger partial charge in [0.05, 0.1) is 26.9 Å². The van der Waals surface area contributed by atoms with Crippen LogP contribution in [0.2, 0.25) is 0 Å². The number of methoxy groups -OCH3 is 3. The predicted octanol–water partition coefficient (Wildman–Crippen LogP) is 4.90. The van der Waals surface area contributed by atoms with Crippen molar-refractivity contribution in [2.24, 2.45) is 0 Å². The Hall–Kier alpha value is -2.57. The van der Waals surface area contributed by atoms with Gasteiger partial charge in [0, 0.05) is 23.9 Å². The summed E-state index contributed by atoms with van der Waals surface area (Å²) in [6.07, 6.45) is -4.34. The summed E-state index contributed by atoms with van der Waals surface area (Å²) in [5.74, 6) is 1.45. The fourth-order valence-corrected chi connectivity index (χ4v) is 2.46. The van der Waals surface area contributed by atoms with E-state index in [0.29, 0.717) is 22.9 Å². The summed E-state index contributed by atoms with van der Waals surface area (Å²) in [4.78, 5) is 0. The highest BCUT2D eigenvalue weighted by molar-refractivity contribution is 5.63. The zero-order valence-corrected chi connectivity index (χ0v) is 14.4. The van der Waals surface area contributed by atoms with Gasteiger partial charge in [0.25, 0.3) is 0 Å². The zero-order chi connectivity index (χ0) is 18.6. The van der Waals surface area contributed by atoms with Crippen molar-refractivity contribution in [2.75, 3.05) is 26.6 Å². The molecule has 0 radical (unpaired) electrons. The van der Waals surface area contributed by atoms with Gasteiger partial charge in [-0.3, -0.25) is 0 Å². The minimum absolute atomic E-state index is 0.218. The summed E-state index contributed by atoms with van der Waals surface area (Å²) in [7, 11) is 4.54. The van der Waals surface area contributed by atoms with Gasteiger partial charge in [-0.2, -0.15) is 13.2 Å². The average molecular weight is 355 g/mol. The highest BCUT2D eigenvalue weighted by Gasteiger charge is 2.30. The van der Waals surface area contributed by atoms with Crippen LogP contribution in [0, 0.1) is 0 Å². The van der Waals surface area contributed by atoms with Crippen LogP contribution in [0.25, 0.3) is 0 Å². The summed E-state index contributed by atoms with van der Waals surface area (Å²) < 4.78 is 53.8. The van der Waals surface area contributed by atoms with Crippen LogP contribution in [-0.4, -0.2) is 21.3 Å². The molecule has 0 spiro atoms. The van der Waals surface area contributed by atoms with Gasteiger partial charge in [0.2, 0.25) is 5.75 Å². The van der Waals surface area contributed by atoms with E-state index < -0.39 is 11.7 Å². The SMILES string of the molecule is COc1cc(NC(C)c2ccc(C(F)(F)F)cc2)cc(OC)c1OC. The van der Waals surface area contributed by atoms with E-state index in [1.165, 1.54) is 33.5 Å². The van der Waals surface area contributed by atoms with Crippen LogP contribution in [0.5, 0.6) is 17.2 Å². The Balaban J connectivity index is 2.24. The average Bonchev–Trinajstić information content (AvgIpc) is 2.60. The van der Waals surface area contributed by atoms with Gasteiger partial charge in [-0.05, 0) is 24.6 Å². The fraction of sp³-hybridized carbons (Fsp3) is 0.333. The summed E-state index contributed by atoms with van der Waals surface area (Å²) in [5.41, 5.74) is 0.750. The normalized spacial score (nSPS) is 12.4. The van der Waals surface area contributed by atoms with Crippen molar-refractivity contribution in [1.29, 1.82) is 0 Å². The Morgan fingerprint density at radius 1 is 0.880 bits per heavy atom. The van der Waals surface area contributed by atoms with E-state index in [2.05, 4.69) is 5.32 Å². The van der Waals surface area contributed by atoms with Gasteiger partial charge >= 0.3 is 6.18 Å². The Morgan fingerprint density at radius 3 is 1.80 bits per heavy atom. The quantitative estimate of drug-likeness (QED) is 0.800. The molecule has 2 aromatic rings. The second-order valence-corrected chi connectivity index (χ2v) is 5.40. The first kappa shape index (κ1) is 18.8. The summed E-state index contributed by atoms with van der Waals surface area (Å²) >= 11 is 0. The molecule has 1 atom stereocenters. The maximum absolute atomic E-state index is 12.7. The van der Waals surface area contributed by atoms with Crippen LogP contribution < -0.4 is 19.5 Å². The van der Waals surface area contributed by atoms with Crippen LogP contribution in [0.3, 0.4) is 0 Å². The van der Waals surface area contributed by atoms with Crippen molar-refractivity contribution in [3.05, 3.63) is 47.5 Å². The lowest BCUT2D eigenvalue weighted by atomic mass is 10.1. The lowest BCUT2D eigenvalue weighted by Gasteiger charge is -2.19. The largest absolute Gasteiger partial charge is 0.493 e. The number of halogens is 3. The summed E-state index contributed by atoms with van der Waals surface area (Å²) in [6, 6.07) is 8.32. The molecule has 0 amide bonds. The molecule has 0 fully saturated rings. The van der Waals surface area contributed by atoms with E-state index in [0.717, 1.165) is 17.7 Å². The number of anilines is 1. The first-order valence-electron chi connectivity index (χ1n) is 7.53. The molecule has 0 aliphatic rings. The minimum Gasteiger partial charge on any atom is -0.493 e. The highest BCUT2D eigenvalue weighted by Crippen LogP contribution is 2.40. The van der Waals surface area contributed by atoms with Crippen LogP contribution >= 0.6 is 0 Å². The first-order chi connectivity index (χ1) is 11.8. The van der Waals surface area contributed by atoms with Gasteiger partial charge < -0.3 is 19.5 Å². The Morgan fingerprint density at radius 2 is 1.40 bits per heavy atom. The molecule has 1 unspecified atom stereocenters. The second-order valence-electron chi connectivity index (χ2n) is 5.40. The molecule has 2 rings (SSSR count). The van der Waals surface area contributed by atoms with E-state index in [4.69, 9.17) is 14.2 Å². The number of alkyl halides is 3. The van der Waals surface area contributed by atoms with Gasteiger partial charge in [-0.1, -0.05) is 12.1 Å². The standard InChI is InChI=1S/C18H20F3NO3/c1-11(12-5-7-13(8-6-12)18(19,20)21)22-14-9-15(23-2)17(25-4)16(10-14)24-3/h5-11,22H,1-4H3. The number of benzene rings is 2. The molecule has 0 aliphatic heterocycles. The van der Waals surface area contributed by atoms with Crippen LogP contribution in [0.15, 0.2) is 36.4 Å². The number of hydrogen-bond donors (Lipinski definition) is 1. The van der Waals surface area contributed by atoms with E-state index >= 15 is 0 Å². The zero-order valence-electron chi connectivity index (χ0n) is 14.4. The third kappa shape index (κ3) is 4.29. The number of hydrogen-bond acceptors (Lipinski definition) is 4. The van der Waals surface area contributed by atoms with Gasteiger partial charge in [-0.15, -0.1) is 0 Å². The van der Waals surface area contributed by atoms with Gasteiger partial charge in [0.1, 0.15) is 0 Å². The summed E-state index contributed by atoms with van der Waals surface area (Å²) in [5, 5.41) is 3.22. The summed E-state index contributed by atoms with van der Waals surface area (Å²) in [6.45, 7) is 1.85. The first-order valence-corrected chi connectivity index (χ1v) is 7.53. The second kappa shape index (κ2) is 7.55. The molecule has 1 N–H and O–H groups in total. The molecule has 2 aromatic carbocycles. The van der Waals surface area contributed by atoms with Crippen molar-refractivity contribution in [3.63, 3.8) is 0 Å². The van der Waals surface area contributed by atoms with Crippen molar-refractivity contribution >= 4 is 5.69 Å². The number of rotatable bonds is 6. The Kier molecular flexibility index (Phi) is 5.66. The minimum atomic E-state index is -4.34. The van der Waals surface area contributed by atoms with E-state index in [-0.39, 0.29) is 6.04 Å². The van der Waals surface area contributed by atoms with Crippen molar-refractivity contribution in [1.82, 2.24) is 0 Å². The van der Waals surface area contributed by atoms with Crippen molar-refractivity contribution < 1.29 is 27.4 Å². The van der Waals surface area contributed by atoms with E-state index in [1.807, 2.05) is 6.92 Å². The Labute approximate surface area is 144 Å². The number of ether oxygens (including phenoxy) is 3.